The molecule has 0 fully saturated rings. The van der Waals surface area contributed by atoms with Crippen molar-refractivity contribution in [3.05, 3.63) is 24.1 Å². The third-order valence-corrected chi connectivity index (χ3v) is 2.12. The zero-order chi connectivity index (χ0) is 13.1. The number of hydrogen-bond acceptors (Lipinski definition) is 6. The summed E-state index contributed by atoms with van der Waals surface area (Å²) >= 11 is 0. The van der Waals surface area contributed by atoms with Gasteiger partial charge in [-0.05, 0) is 0 Å². The largest absolute Gasteiger partial charge is 0.446 e. The van der Waals surface area contributed by atoms with Crippen LogP contribution in [0.2, 0.25) is 0 Å². The van der Waals surface area contributed by atoms with Crippen LogP contribution in [0.5, 0.6) is 0 Å². The zero-order valence-corrected chi connectivity index (χ0v) is 9.89. The highest BCUT2D eigenvalue weighted by molar-refractivity contribution is 5.92. The smallest absolute Gasteiger partial charge is 0.249 e. The Morgan fingerprint density at radius 2 is 2.00 bits per heavy atom. The molecule has 0 spiro atoms. The molecule has 0 unspecified atom stereocenters. The van der Waals surface area contributed by atoms with E-state index < -0.39 is 0 Å². The number of nitrogens with zero attached hydrogens (tertiary/aromatic N) is 2. The number of rotatable bonds is 4. The molecule has 2 aromatic heterocycles. The van der Waals surface area contributed by atoms with E-state index in [1.165, 1.54) is 26.4 Å². The molecule has 7 nitrogen and oxygen atoms in total. The molecule has 2 heterocycles. The van der Waals surface area contributed by atoms with Crippen LogP contribution in [-0.2, 0) is 11.3 Å². The fourth-order valence-electron chi connectivity index (χ4n) is 1.24. The first-order valence-electron chi connectivity index (χ1n) is 5.22. The molecule has 0 radical (unpaired) electrons. The molecule has 0 aromatic carbocycles. The Balaban J connectivity index is 2.13. The summed E-state index contributed by atoms with van der Waals surface area (Å²) < 4.78 is 10.2. The van der Waals surface area contributed by atoms with Crippen LogP contribution < -0.4 is 5.32 Å². The molecule has 0 aliphatic rings. The van der Waals surface area contributed by atoms with Crippen LogP contribution in [0, 0.1) is 0 Å². The highest BCUT2D eigenvalue weighted by Crippen LogP contribution is 2.18. The lowest BCUT2D eigenvalue weighted by Gasteiger charge is -1.94. The van der Waals surface area contributed by atoms with E-state index in [1.54, 1.807) is 0 Å². The van der Waals surface area contributed by atoms with E-state index in [9.17, 15) is 9.59 Å². The molecule has 18 heavy (non-hydrogen) atoms. The normalized spacial score (nSPS) is 10.3. The quantitative estimate of drug-likeness (QED) is 0.816. The molecule has 94 valence electrons. The van der Waals surface area contributed by atoms with Gasteiger partial charge < -0.3 is 14.2 Å². The van der Waals surface area contributed by atoms with Crippen molar-refractivity contribution in [1.82, 2.24) is 15.3 Å². The van der Waals surface area contributed by atoms with Gasteiger partial charge in [0, 0.05) is 13.8 Å². The second-order valence-corrected chi connectivity index (χ2v) is 3.63. The molecule has 2 rings (SSSR count). The average Bonchev–Trinajstić information content (AvgIpc) is 2.95. The van der Waals surface area contributed by atoms with Gasteiger partial charge in [-0.15, -0.1) is 0 Å². The van der Waals surface area contributed by atoms with Crippen molar-refractivity contribution in [3.8, 4) is 11.6 Å². The van der Waals surface area contributed by atoms with Gasteiger partial charge in [0.25, 0.3) is 0 Å². The van der Waals surface area contributed by atoms with Gasteiger partial charge in [-0.25, -0.2) is 9.97 Å². The van der Waals surface area contributed by atoms with Crippen LogP contribution in [0.3, 0.4) is 0 Å². The molecule has 7 heteroatoms. The topological polar surface area (TPSA) is 98.2 Å². The number of hydrogen-bond donors (Lipinski definition) is 1. The molecule has 0 bridgehead atoms. The second-order valence-electron chi connectivity index (χ2n) is 3.63. The van der Waals surface area contributed by atoms with Crippen LogP contribution in [0.4, 0.5) is 0 Å². The van der Waals surface area contributed by atoms with E-state index in [4.69, 9.17) is 8.83 Å². The van der Waals surface area contributed by atoms with Gasteiger partial charge in [0.05, 0.1) is 6.54 Å². The van der Waals surface area contributed by atoms with Crippen molar-refractivity contribution in [2.45, 2.75) is 20.4 Å². The molecule has 2 aromatic rings. The van der Waals surface area contributed by atoms with E-state index in [2.05, 4.69) is 15.3 Å². The predicted molar refractivity (Wildman–Crippen MR) is 59.5 cm³/mol. The maximum Gasteiger partial charge on any atom is 0.249 e. The summed E-state index contributed by atoms with van der Waals surface area (Å²) in [7, 11) is 0. The number of carbonyl (C=O) groups is 2. The van der Waals surface area contributed by atoms with Crippen molar-refractivity contribution in [2.24, 2.45) is 0 Å². The number of nitrogens with one attached hydrogen (secondary N) is 1. The molecular weight excluding hydrogens is 238 g/mol. The predicted octanol–water partition coefficient (Wildman–Crippen LogP) is 1.17. The van der Waals surface area contributed by atoms with Gasteiger partial charge in [0.15, 0.2) is 11.5 Å². The lowest BCUT2D eigenvalue weighted by atomic mass is 10.3. The summed E-state index contributed by atoms with van der Waals surface area (Å²) in [4.78, 5) is 29.8. The van der Waals surface area contributed by atoms with Crippen molar-refractivity contribution >= 4 is 11.7 Å². The zero-order valence-electron chi connectivity index (χ0n) is 9.89. The number of ketones is 1. The van der Waals surface area contributed by atoms with E-state index in [-0.39, 0.29) is 29.8 Å². The SMILES string of the molecule is CC(=O)NCc1nc(-c2nc(C(C)=O)co2)co1. The second kappa shape index (κ2) is 4.82. The van der Waals surface area contributed by atoms with Gasteiger partial charge in [-0.3, -0.25) is 9.59 Å². The molecule has 0 aliphatic heterocycles. The first kappa shape index (κ1) is 12.0. The first-order valence-corrected chi connectivity index (χ1v) is 5.22. The summed E-state index contributed by atoms with van der Waals surface area (Å²) in [5, 5.41) is 2.55. The number of carbonyl (C=O) groups excluding carboxylic acids is 2. The Morgan fingerprint density at radius 3 is 2.61 bits per heavy atom. The third-order valence-electron chi connectivity index (χ3n) is 2.12. The summed E-state index contributed by atoms with van der Waals surface area (Å²) in [6.45, 7) is 2.99. The summed E-state index contributed by atoms with van der Waals surface area (Å²) in [6, 6.07) is 0. The molecular formula is C11H11N3O4. The van der Waals surface area contributed by atoms with Crippen LogP contribution in [-0.4, -0.2) is 21.7 Å². The standard InChI is InChI=1S/C11H11N3O4/c1-6(15)8-4-18-11(14-8)9-5-17-10(13-9)3-12-7(2)16/h4-5H,3H2,1-2H3,(H,12,16). The number of aromatic nitrogens is 2. The molecule has 0 saturated heterocycles. The van der Waals surface area contributed by atoms with E-state index in [0.717, 1.165) is 0 Å². The van der Waals surface area contributed by atoms with Crippen LogP contribution >= 0.6 is 0 Å². The minimum atomic E-state index is -0.188. The van der Waals surface area contributed by atoms with Gasteiger partial charge in [0.1, 0.15) is 18.2 Å². The van der Waals surface area contributed by atoms with Crippen molar-refractivity contribution < 1.29 is 18.4 Å². The Kier molecular flexibility index (Phi) is 3.22. The van der Waals surface area contributed by atoms with E-state index >= 15 is 0 Å². The van der Waals surface area contributed by atoms with Crippen LogP contribution in [0.25, 0.3) is 11.6 Å². The maximum atomic E-state index is 11.1. The maximum absolute atomic E-state index is 11.1. The molecule has 0 saturated carbocycles. The molecule has 1 amide bonds. The Morgan fingerprint density at radius 1 is 1.22 bits per heavy atom. The minimum Gasteiger partial charge on any atom is -0.446 e. The highest BCUT2D eigenvalue weighted by atomic mass is 16.4. The molecule has 0 atom stereocenters. The van der Waals surface area contributed by atoms with Crippen LogP contribution in [0.15, 0.2) is 21.4 Å². The number of oxazole rings is 2. The highest BCUT2D eigenvalue weighted by Gasteiger charge is 2.14. The molecule has 1 N–H and O–H groups in total. The third kappa shape index (κ3) is 2.62. The van der Waals surface area contributed by atoms with Crippen molar-refractivity contribution in [3.63, 3.8) is 0 Å². The minimum absolute atomic E-state index is 0.176. The lowest BCUT2D eigenvalue weighted by Crippen LogP contribution is -2.18. The monoisotopic (exact) mass is 249 g/mol. The Labute approximate surface area is 102 Å². The summed E-state index contributed by atoms with van der Waals surface area (Å²) in [6.07, 6.45) is 2.62. The average molecular weight is 249 g/mol. The van der Waals surface area contributed by atoms with Gasteiger partial charge in [-0.2, -0.15) is 0 Å². The van der Waals surface area contributed by atoms with Gasteiger partial charge >= 0.3 is 0 Å². The number of Topliss-reactive ketones (excluding diaryl/α,β-unsaturated/α-hetero) is 1. The van der Waals surface area contributed by atoms with Crippen LogP contribution in [0.1, 0.15) is 30.2 Å². The fraction of sp³-hybridized carbons (Fsp3) is 0.273. The number of amides is 1. The summed E-state index contributed by atoms with van der Waals surface area (Å²) in [5.41, 5.74) is 0.610. The fourth-order valence-corrected chi connectivity index (χ4v) is 1.24. The van der Waals surface area contributed by atoms with Gasteiger partial charge in [-0.1, -0.05) is 0 Å². The lowest BCUT2D eigenvalue weighted by molar-refractivity contribution is -0.119. The van der Waals surface area contributed by atoms with E-state index in [1.807, 2.05) is 0 Å². The van der Waals surface area contributed by atoms with E-state index in [0.29, 0.717) is 11.6 Å². The summed E-state index contributed by atoms with van der Waals surface area (Å²) in [5.74, 6) is 0.178. The Hall–Kier alpha value is -2.44. The van der Waals surface area contributed by atoms with Crippen molar-refractivity contribution in [1.29, 1.82) is 0 Å². The first-order chi connectivity index (χ1) is 8.56. The van der Waals surface area contributed by atoms with Crippen molar-refractivity contribution in [2.75, 3.05) is 0 Å². The Bertz CT molecular complexity index is 585. The van der Waals surface area contributed by atoms with Gasteiger partial charge in [0.2, 0.25) is 17.7 Å². The molecule has 0 aliphatic carbocycles.